The van der Waals surface area contributed by atoms with Crippen molar-refractivity contribution in [1.82, 2.24) is 20.9 Å². The van der Waals surface area contributed by atoms with Crippen molar-refractivity contribution in [3.8, 4) is 0 Å². The fourth-order valence-corrected chi connectivity index (χ4v) is 18.4. The third kappa shape index (κ3) is 8.45. The zero-order chi connectivity index (χ0) is 40.6. The SMILES string of the molecule is C[C@H](CCC(=O)NC1CN[C@H](C(=O)NCCN(C)C)C1)[C@H]1CCC2C3CCC4C[C@H](O[Si](c5ccccc5)(c5ccccc5)C(C)(C)C)CC[C@]4(C)C3CC[C@@]21C. The number of nitrogens with one attached hydrogen (secondary N) is 3. The molecule has 11 atom stereocenters. The largest absolute Gasteiger partial charge is 0.404 e. The normalized spacial score (nSPS) is 34.5. The van der Waals surface area contributed by atoms with Crippen LogP contribution in [0.4, 0.5) is 0 Å². The van der Waals surface area contributed by atoms with Crippen molar-refractivity contribution in [2.45, 2.75) is 142 Å². The zero-order valence-corrected chi connectivity index (χ0v) is 37.7. The Morgan fingerprint density at radius 1 is 0.877 bits per heavy atom. The van der Waals surface area contributed by atoms with E-state index in [9.17, 15) is 9.59 Å². The highest BCUT2D eigenvalue weighted by Crippen LogP contribution is 2.68. The molecule has 4 saturated carbocycles. The average molecular weight is 797 g/mol. The highest BCUT2D eigenvalue weighted by atomic mass is 28.4. The molecule has 0 radical (unpaired) electrons. The molecule has 5 aliphatic rings. The summed E-state index contributed by atoms with van der Waals surface area (Å²) in [6.07, 6.45) is 14.3. The number of carbonyl (C=O) groups excluding carboxylic acids is 2. The van der Waals surface area contributed by atoms with E-state index in [-0.39, 0.29) is 28.9 Å². The topological polar surface area (TPSA) is 82.7 Å². The number of benzene rings is 2. The Morgan fingerprint density at radius 3 is 2.18 bits per heavy atom. The fourth-order valence-electron chi connectivity index (χ4n) is 13.7. The lowest BCUT2D eigenvalue weighted by atomic mass is 9.44. The van der Waals surface area contributed by atoms with Gasteiger partial charge in [0, 0.05) is 38.2 Å². The van der Waals surface area contributed by atoms with Gasteiger partial charge in [0.25, 0.3) is 8.32 Å². The first-order chi connectivity index (χ1) is 27.2. The van der Waals surface area contributed by atoms with E-state index in [0.717, 1.165) is 36.6 Å². The van der Waals surface area contributed by atoms with Gasteiger partial charge in [-0.25, -0.2) is 0 Å². The van der Waals surface area contributed by atoms with Crippen molar-refractivity contribution in [2.24, 2.45) is 46.3 Å². The van der Waals surface area contributed by atoms with E-state index >= 15 is 0 Å². The van der Waals surface area contributed by atoms with Gasteiger partial charge < -0.3 is 25.3 Å². The Hall–Kier alpha value is -2.52. The summed E-state index contributed by atoms with van der Waals surface area (Å²) in [6, 6.07) is 22.3. The highest BCUT2D eigenvalue weighted by Gasteiger charge is 2.61. The number of fused-ring (bicyclic) bond motifs is 5. The second-order valence-corrected chi connectivity index (χ2v) is 25.4. The van der Waals surface area contributed by atoms with E-state index in [4.69, 9.17) is 4.43 Å². The van der Waals surface area contributed by atoms with Gasteiger partial charge in [-0.1, -0.05) is 102 Å². The maximum Gasteiger partial charge on any atom is 0.261 e. The number of nitrogens with zero attached hydrogens (tertiary/aromatic N) is 1. The predicted molar refractivity (Wildman–Crippen MR) is 236 cm³/mol. The molecule has 2 aromatic rings. The Labute approximate surface area is 346 Å². The average Bonchev–Trinajstić information content (AvgIpc) is 3.80. The maximum atomic E-state index is 13.2. The van der Waals surface area contributed by atoms with Crippen molar-refractivity contribution < 1.29 is 14.0 Å². The van der Waals surface area contributed by atoms with Gasteiger partial charge in [0.1, 0.15) is 0 Å². The predicted octanol–water partition coefficient (Wildman–Crippen LogP) is 7.53. The Bertz CT molecular complexity index is 1630. The molecule has 0 bridgehead atoms. The molecule has 3 N–H and O–H groups in total. The first kappa shape index (κ1) is 42.6. The minimum atomic E-state index is -2.58. The van der Waals surface area contributed by atoms with E-state index in [2.05, 4.69) is 123 Å². The molecule has 7 rings (SSSR count). The molecule has 2 amide bonds. The summed E-state index contributed by atoms with van der Waals surface area (Å²) >= 11 is 0. The first-order valence-electron chi connectivity index (χ1n) is 22.9. The lowest BCUT2D eigenvalue weighted by molar-refractivity contribution is -0.128. The molecule has 1 heterocycles. The second-order valence-electron chi connectivity index (χ2n) is 21.1. The van der Waals surface area contributed by atoms with Crippen LogP contribution in [0.2, 0.25) is 5.04 Å². The molecule has 5 unspecified atom stereocenters. The monoisotopic (exact) mass is 797 g/mol. The van der Waals surface area contributed by atoms with E-state index in [1.807, 2.05) is 14.1 Å². The number of carbonyl (C=O) groups is 2. The van der Waals surface area contributed by atoms with Crippen molar-refractivity contribution in [3.05, 3.63) is 60.7 Å². The number of hydrogen-bond acceptors (Lipinski definition) is 5. The fraction of sp³-hybridized carbons (Fsp3) is 0.714. The highest BCUT2D eigenvalue weighted by molar-refractivity contribution is 6.99. The molecule has 57 heavy (non-hydrogen) atoms. The molecule has 1 saturated heterocycles. The smallest absolute Gasteiger partial charge is 0.261 e. The van der Waals surface area contributed by atoms with Gasteiger partial charge in [0.05, 0.1) is 6.04 Å². The molecular weight excluding hydrogens is 721 g/mol. The van der Waals surface area contributed by atoms with Crippen LogP contribution in [-0.2, 0) is 14.0 Å². The van der Waals surface area contributed by atoms with Crippen LogP contribution in [-0.4, -0.2) is 76.9 Å². The number of rotatable bonds is 13. The van der Waals surface area contributed by atoms with Gasteiger partial charge in [0.2, 0.25) is 11.8 Å². The lowest BCUT2D eigenvalue weighted by Crippen LogP contribution is -2.68. The van der Waals surface area contributed by atoms with Crippen LogP contribution in [0.3, 0.4) is 0 Å². The van der Waals surface area contributed by atoms with Crippen molar-refractivity contribution in [1.29, 1.82) is 0 Å². The Morgan fingerprint density at radius 2 is 1.53 bits per heavy atom. The standard InChI is InChI=1S/C49H76N4O3Si/c1-34(19-24-45(54)52-36-32-44(51-33-36)46(55)50-29-30-53(7)8)41-22-23-42-40-21-20-35-31-37(25-27-48(35,5)43(40)26-28-49(41,42)6)56-57(47(2,3)4,38-15-11-9-12-16-38)39-17-13-10-14-18-39/h9-18,34-37,40-44,51H,19-33H2,1-8H3,(H,50,55)(H,52,54)/t34-,35?,36?,37-,40?,41-,42?,43?,44+,48+,49-/m1/s1. The molecule has 7 nitrogen and oxygen atoms in total. The van der Waals surface area contributed by atoms with Gasteiger partial charge in [-0.05, 0) is 146 Å². The van der Waals surface area contributed by atoms with E-state index in [1.54, 1.807) is 0 Å². The molecule has 0 aromatic heterocycles. The summed E-state index contributed by atoms with van der Waals surface area (Å²) in [5.74, 6) is 4.62. The maximum absolute atomic E-state index is 13.2. The summed E-state index contributed by atoms with van der Waals surface area (Å²) in [4.78, 5) is 27.9. The molecule has 0 spiro atoms. The van der Waals surface area contributed by atoms with E-state index in [1.165, 1.54) is 68.2 Å². The molecule has 5 fully saturated rings. The summed E-state index contributed by atoms with van der Waals surface area (Å²) in [5, 5.41) is 12.4. The molecule has 1 aliphatic heterocycles. The van der Waals surface area contributed by atoms with Crippen LogP contribution in [0.15, 0.2) is 60.7 Å². The van der Waals surface area contributed by atoms with Gasteiger partial charge in [-0.3, -0.25) is 9.59 Å². The van der Waals surface area contributed by atoms with Crippen LogP contribution < -0.4 is 26.3 Å². The van der Waals surface area contributed by atoms with Crippen LogP contribution in [0.25, 0.3) is 0 Å². The lowest BCUT2D eigenvalue weighted by Gasteiger charge is -2.62. The molecule has 2 aromatic carbocycles. The van der Waals surface area contributed by atoms with Crippen LogP contribution in [0.1, 0.15) is 119 Å². The Balaban J connectivity index is 0.948. The second kappa shape index (κ2) is 17.2. The van der Waals surface area contributed by atoms with Crippen molar-refractivity contribution >= 4 is 30.5 Å². The van der Waals surface area contributed by atoms with Crippen LogP contribution in [0, 0.1) is 46.3 Å². The van der Waals surface area contributed by atoms with Crippen molar-refractivity contribution in [3.63, 3.8) is 0 Å². The quantitative estimate of drug-likeness (QED) is 0.183. The van der Waals surface area contributed by atoms with Crippen molar-refractivity contribution in [2.75, 3.05) is 33.7 Å². The number of hydrogen-bond donors (Lipinski definition) is 3. The third-order valence-electron chi connectivity index (χ3n) is 16.6. The van der Waals surface area contributed by atoms with Crippen LogP contribution >= 0.6 is 0 Å². The van der Waals surface area contributed by atoms with E-state index in [0.29, 0.717) is 54.7 Å². The molecule has 8 heteroatoms. The summed E-state index contributed by atoms with van der Waals surface area (Å²) in [6.45, 7) is 17.2. The van der Waals surface area contributed by atoms with Gasteiger partial charge in [0.15, 0.2) is 0 Å². The van der Waals surface area contributed by atoms with Gasteiger partial charge in [-0.2, -0.15) is 0 Å². The summed E-state index contributed by atoms with van der Waals surface area (Å²) in [7, 11) is 1.43. The van der Waals surface area contributed by atoms with Crippen LogP contribution in [0.5, 0.6) is 0 Å². The zero-order valence-electron chi connectivity index (χ0n) is 36.7. The molecular formula is C49H76N4O3Si. The Kier molecular flexibility index (Phi) is 12.9. The third-order valence-corrected chi connectivity index (χ3v) is 21.7. The number of amides is 2. The van der Waals surface area contributed by atoms with Gasteiger partial charge in [-0.15, -0.1) is 0 Å². The van der Waals surface area contributed by atoms with Gasteiger partial charge >= 0.3 is 0 Å². The van der Waals surface area contributed by atoms with E-state index < -0.39 is 8.32 Å². The molecule has 4 aliphatic carbocycles. The minimum absolute atomic E-state index is 0.00383. The summed E-state index contributed by atoms with van der Waals surface area (Å²) in [5.41, 5.74) is 0.782. The molecule has 314 valence electrons. The number of likely N-dealkylation sites (N-methyl/N-ethyl adjacent to an activating group) is 1. The minimum Gasteiger partial charge on any atom is -0.404 e. The summed E-state index contributed by atoms with van der Waals surface area (Å²) < 4.78 is 7.77. The first-order valence-corrected chi connectivity index (χ1v) is 24.8.